The number of amides is 2. The van der Waals surface area contributed by atoms with Crippen LogP contribution in [0.15, 0.2) is 48.5 Å². The van der Waals surface area contributed by atoms with Gasteiger partial charge in [-0.3, -0.25) is 0 Å². The summed E-state index contributed by atoms with van der Waals surface area (Å²) in [4.78, 5) is 11.8. The lowest BCUT2D eigenvalue weighted by molar-refractivity contribution is 0.249. The molecule has 0 radical (unpaired) electrons. The van der Waals surface area contributed by atoms with E-state index in [9.17, 15) is 9.18 Å². The fraction of sp³-hybridized carbons (Fsp3) is 0.133. The van der Waals surface area contributed by atoms with Crippen molar-refractivity contribution >= 4 is 17.4 Å². The topological polar surface area (TPSA) is 67.2 Å². The second-order valence-corrected chi connectivity index (χ2v) is 4.47. The van der Waals surface area contributed by atoms with Gasteiger partial charge in [0.1, 0.15) is 5.82 Å². The van der Waals surface area contributed by atoms with Crippen molar-refractivity contribution in [2.45, 2.75) is 13.0 Å². The molecule has 2 rings (SSSR count). The Bertz CT molecular complexity index is 598. The SMILES string of the molecule is CC(NC(=O)Nc1ccccc1F)c1ccc(N)cc1. The second-order valence-electron chi connectivity index (χ2n) is 4.47. The molecular weight excluding hydrogens is 257 g/mol. The standard InChI is InChI=1S/C15H16FN3O/c1-10(11-6-8-12(17)9-7-11)18-15(20)19-14-5-3-2-4-13(14)16/h2-10H,17H2,1H3,(H2,18,19,20). The number of hydrogen-bond donors (Lipinski definition) is 3. The molecule has 0 spiro atoms. The zero-order valence-corrected chi connectivity index (χ0v) is 11.1. The van der Waals surface area contributed by atoms with E-state index >= 15 is 0 Å². The highest BCUT2D eigenvalue weighted by molar-refractivity contribution is 5.89. The maximum absolute atomic E-state index is 13.4. The predicted octanol–water partition coefficient (Wildman–Crippen LogP) is 3.29. The molecule has 0 bridgehead atoms. The Morgan fingerprint density at radius 1 is 1.15 bits per heavy atom. The van der Waals surface area contributed by atoms with Crippen molar-refractivity contribution in [1.29, 1.82) is 0 Å². The number of urea groups is 1. The zero-order chi connectivity index (χ0) is 14.5. The molecule has 0 aliphatic heterocycles. The van der Waals surface area contributed by atoms with Gasteiger partial charge in [0, 0.05) is 5.69 Å². The van der Waals surface area contributed by atoms with Crippen LogP contribution < -0.4 is 16.4 Å². The molecule has 4 N–H and O–H groups in total. The van der Waals surface area contributed by atoms with Gasteiger partial charge in [-0.05, 0) is 36.8 Å². The maximum atomic E-state index is 13.4. The molecule has 4 nitrogen and oxygen atoms in total. The van der Waals surface area contributed by atoms with E-state index in [-0.39, 0.29) is 11.7 Å². The van der Waals surface area contributed by atoms with E-state index < -0.39 is 11.8 Å². The summed E-state index contributed by atoms with van der Waals surface area (Å²) < 4.78 is 13.4. The van der Waals surface area contributed by atoms with Gasteiger partial charge >= 0.3 is 6.03 Å². The Hall–Kier alpha value is -2.56. The zero-order valence-electron chi connectivity index (χ0n) is 11.1. The molecule has 0 saturated carbocycles. The van der Waals surface area contributed by atoms with Gasteiger partial charge in [-0.1, -0.05) is 24.3 Å². The highest BCUT2D eigenvalue weighted by Gasteiger charge is 2.10. The first-order valence-electron chi connectivity index (χ1n) is 6.24. The molecule has 0 saturated heterocycles. The molecule has 1 atom stereocenters. The van der Waals surface area contributed by atoms with Gasteiger partial charge in [-0.15, -0.1) is 0 Å². The van der Waals surface area contributed by atoms with E-state index in [0.717, 1.165) is 5.56 Å². The van der Waals surface area contributed by atoms with E-state index in [1.54, 1.807) is 24.3 Å². The summed E-state index contributed by atoms with van der Waals surface area (Å²) in [5, 5.41) is 5.21. The number of anilines is 2. The molecular formula is C15H16FN3O. The highest BCUT2D eigenvalue weighted by Crippen LogP contribution is 2.15. The third kappa shape index (κ3) is 3.47. The minimum atomic E-state index is -0.470. The summed E-state index contributed by atoms with van der Waals surface area (Å²) in [5.41, 5.74) is 7.34. The van der Waals surface area contributed by atoms with Gasteiger partial charge in [-0.2, -0.15) is 0 Å². The molecule has 0 heterocycles. The van der Waals surface area contributed by atoms with Crippen LogP contribution in [0.2, 0.25) is 0 Å². The van der Waals surface area contributed by atoms with Crippen LogP contribution in [0.25, 0.3) is 0 Å². The second kappa shape index (κ2) is 6.06. The van der Waals surface area contributed by atoms with E-state index in [2.05, 4.69) is 10.6 Å². The van der Waals surface area contributed by atoms with E-state index in [1.165, 1.54) is 12.1 Å². The molecule has 0 aliphatic rings. The number of carbonyl (C=O) groups is 1. The summed E-state index contributed by atoms with van der Waals surface area (Å²) >= 11 is 0. The van der Waals surface area contributed by atoms with Gasteiger partial charge in [0.15, 0.2) is 0 Å². The Morgan fingerprint density at radius 2 is 1.80 bits per heavy atom. The lowest BCUT2D eigenvalue weighted by Gasteiger charge is -2.15. The maximum Gasteiger partial charge on any atom is 0.319 e. The summed E-state index contributed by atoms with van der Waals surface area (Å²) in [5.74, 6) is -0.470. The first-order chi connectivity index (χ1) is 9.56. The Kier molecular flexibility index (Phi) is 4.20. The smallest absolute Gasteiger partial charge is 0.319 e. The molecule has 2 aromatic carbocycles. The molecule has 0 aliphatic carbocycles. The van der Waals surface area contributed by atoms with Crippen LogP contribution in [0.3, 0.4) is 0 Å². The minimum absolute atomic E-state index is 0.148. The number of nitrogens with two attached hydrogens (primary N) is 1. The fourth-order valence-electron chi connectivity index (χ4n) is 1.79. The number of rotatable bonds is 3. The van der Waals surface area contributed by atoms with Crippen molar-refractivity contribution in [3.05, 3.63) is 59.9 Å². The Morgan fingerprint density at radius 3 is 2.45 bits per heavy atom. The van der Waals surface area contributed by atoms with Crippen LogP contribution in [0.5, 0.6) is 0 Å². The monoisotopic (exact) mass is 273 g/mol. The quantitative estimate of drug-likeness (QED) is 0.751. The number of nitrogen functional groups attached to an aromatic ring is 1. The van der Waals surface area contributed by atoms with Gasteiger partial charge in [0.2, 0.25) is 0 Å². The number of para-hydroxylation sites is 1. The highest BCUT2D eigenvalue weighted by atomic mass is 19.1. The molecule has 5 heteroatoms. The molecule has 0 fully saturated rings. The average Bonchev–Trinajstić information content (AvgIpc) is 2.42. The van der Waals surface area contributed by atoms with Gasteiger partial charge < -0.3 is 16.4 Å². The van der Waals surface area contributed by atoms with Crippen LogP contribution in [0, 0.1) is 5.82 Å². The van der Waals surface area contributed by atoms with Gasteiger partial charge in [-0.25, -0.2) is 9.18 Å². The summed E-state index contributed by atoms with van der Waals surface area (Å²) in [7, 11) is 0. The Balaban J connectivity index is 1.98. The first kappa shape index (κ1) is 13.9. The van der Waals surface area contributed by atoms with Gasteiger partial charge in [0.25, 0.3) is 0 Å². The molecule has 20 heavy (non-hydrogen) atoms. The number of hydrogen-bond acceptors (Lipinski definition) is 2. The van der Waals surface area contributed by atoms with Crippen LogP contribution >= 0.6 is 0 Å². The molecule has 2 aromatic rings. The third-order valence-corrected chi connectivity index (χ3v) is 2.91. The largest absolute Gasteiger partial charge is 0.399 e. The predicted molar refractivity (Wildman–Crippen MR) is 77.8 cm³/mol. The number of benzene rings is 2. The lowest BCUT2D eigenvalue weighted by atomic mass is 10.1. The van der Waals surface area contributed by atoms with Gasteiger partial charge in [0.05, 0.1) is 11.7 Å². The van der Waals surface area contributed by atoms with E-state index in [0.29, 0.717) is 5.69 Å². The van der Waals surface area contributed by atoms with Crippen LogP contribution in [0.4, 0.5) is 20.6 Å². The number of halogens is 1. The fourth-order valence-corrected chi connectivity index (χ4v) is 1.79. The number of nitrogens with one attached hydrogen (secondary N) is 2. The first-order valence-corrected chi connectivity index (χ1v) is 6.24. The number of carbonyl (C=O) groups excluding carboxylic acids is 1. The van der Waals surface area contributed by atoms with Crippen molar-refractivity contribution in [3.63, 3.8) is 0 Å². The summed E-state index contributed by atoms with van der Waals surface area (Å²) in [6.45, 7) is 1.84. The van der Waals surface area contributed by atoms with Crippen molar-refractivity contribution in [2.24, 2.45) is 0 Å². The van der Waals surface area contributed by atoms with E-state index in [4.69, 9.17) is 5.73 Å². The summed E-state index contributed by atoms with van der Waals surface area (Å²) in [6, 6.07) is 12.6. The summed E-state index contributed by atoms with van der Waals surface area (Å²) in [6.07, 6.45) is 0. The lowest BCUT2D eigenvalue weighted by Crippen LogP contribution is -2.31. The van der Waals surface area contributed by atoms with Crippen molar-refractivity contribution in [1.82, 2.24) is 5.32 Å². The average molecular weight is 273 g/mol. The molecule has 104 valence electrons. The normalized spacial score (nSPS) is 11.7. The third-order valence-electron chi connectivity index (χ3n) is 2.91. The van der Waals surface area contributed by atoms with Crippen LogP contribution in [-0.2, 0) is 0 Å². The van der Waals surface area contributed by atoms with Crippen LogP contribution in [-0.4, -0.2) is 6.03 Å². The van der Waals surface area contributed by atoms with E-state index in [1.807, 2.05) is 19.1 Å². The van der Waals surface area contributed by atoms with Crippen molar-refractivity contribution in [2.75, 3.05) is 11.1 Å². The Labute approximate surface area is 116 Å². The van der Waals surface area contributed by atoms with Crippen LogP contribution in [0.1, 0.15) is 18.5 Å². The molecule has 1 unspecified atom stereocenters. The molecule has 2 amide bonds. The van der Waals surface area contributed by atoms with Crippen molar-refractivity contribution < 1.29 is 9.18 Å². The van der Waals surface area contributed by atoms with Crippen molar-refractivity contribution in [3.8, 4) is 0 Å². The minimum Gasteiger partial charge on any atom is -0.399 e. The molecule has 0 aromatic heterocycles.